The lowest BCUT2D eigenvalue weighted by Crippen LogP contribution is -1.93. The number of benzene rings is 2. The highest BCUT2D eigenvalue weighted by molar-refractivity contribution is 7.16. The van der Waals surface area contributed by atoms with Gasteiger partial charge in [-0.1, -0.05) is 35.9 Å². The fourth-order valence-electron chi connectivity index (χ4n) is 2.31. The molecule has 1 aromatic heterocycles. The first kappa shape index (κ1) is 15.1. The molecule has 2 nitrogen and oxygen atoms in total. The minimum Gasteiger partial charge on any atom is -0.331 e. The molecule has 0 saturated carbocycles. The summed E-state index contributed by atoms with van der Waals surface area (Å²) in [7, 11) is 0. The van der Waals surface area contributed by atoms with Crippen molar-refractivity contribution in [3.05, 3.63) is 63.5 Å². The molecule has 0 aliphatic carbocycles. The summed E-state index contributed by atoms with van der Waals surface area (Å²) < 4.78 is 0. The van der Waals surface area contributed by atoms with Crippen molar-refractivity contribution in [1.82, 2.24) is 4.98 Å². The van der Waals surface area contributed by atoms with E-state index in [0.717, 1.165) is 27.1 Å². The van der Waals surface area contributed by atoms with Crippen LogP contribution in [-0.2, 0) is 0 Å². The van der Waals surface area contributed by atoms with Crippen molar-refractivity contribution in [3.8, 4) is 11.3 Å². The topological polar surface area (TPSA) is 24.9 Å². The van der Waals surface area contributed by atoms with Crippen LogP contribution >= 0.6 is 22.9 Å². The average Bonchev–Trinajstić information content (AvgIpc) is 2.84. The maximum Gasteiger partial charge on any atom is 0.187 e. The van der Waals surface area contributed by atoms with Gasteiger partial charge in [-0.25, -0.2) is 4.98 Å². The van der Waals surface area contributed by atoms with Gasteiger partial charge in [0.25, 0.3) is 0 Å². The molecule has 0 bridgehead atoms. The van der Waals surface area contributed by atoms with E-state index in [4.69, 9.17) is 16.6 Å². The molecule has 0 atom stereocenters. The van der Waals surface area contributed by atoms with Crippen LogP contribution in [0, 0.1) is 20.8 Å². The summed E-state index contributed by atoms with van der Waals surface area (Å²) in [6.07, 6.45) is 0. The maximum atomic E-state index is 5.95. The normalized spacial score (nSPS) is 10.7. The zero-order valence-electron chi connectivity index (χ0n) is 12.8. The number of thiazole rings is 1. The molecular weight excluding hydrogens is 312 g/mol. The second-order valence-corrected chi connectivity index (χ2v) is 7.01. The van der Waals surface area contributed by atoms with Crippen LogP contribution in [-0.4, -0.2) is 4.98 Å². The predicted octanol–water partition coefficient (Wildman–Crippen LogP) is 6.13. The zero-order chi connectivity index (χ0) is 15.7. The third-order valence-corrected chi connectivity index (χ3v) is 4.69. The van der Waals surface area contributed by atoms with Crippen molar-refractivity contribution in [3.63, 3.8) is 0 Å². The Morgan fingerprint density at radius 3 is 2.45 bits per heavy atom. The second kappa shape index (κ2) is 6.11. The smallest absolute Gasteiger partial charge is 0.187 e. The van der Waals surface area contributed by atoms with Crippen molar-refractivity contribution < 1.29 is 0 Å². The lowest BCUT2D eigenvalue weighted by atomic mass is 10.1. The van der Waals surface area contributed by atoms with Crippen LogP contribution in [0.15, 0.2) is 42.5 Å². The SMILES string of the molecule is Cc1ccc(C)c(Nc2nc(-c3ccc(Cl)cc3)c(C)s2)c1. The Balaban J connectivity index is 1.92. The Morgan fingerprint density at radius 1 is 1.00 bits per heavy atom. The number of anilines is 2. The first-order chi connectivity index (χ1) is 10.5. The Morgan fingerprint density at radius 2 is 1.73 bits per heavy atom. The summed E-state index contributed by atoms with van der Waals surface area (Å²) in [6.45, 7) is 6.29. The molecule has 0 aliphatic rings. The van der Waals surface area contributed by atoms with E-state index in [1.807, 2.05) is 24.3 Å². The molecule has 0 aliphatic heterocycles. The van der Waals surface area contributed by atoms with Crippen LogP contribution in [0.1, 0.15) is 16.0 Å². The Kier molecular flexibility index (Phi) is 4.19. The molecule has 0 spiro atoms. The Labute approximate surface area is 139 Å². The van der Waals surface area contributed by atoms with Crippen LogP contribution in [0.5, 0.6) is 0 Å². The van der Waals surface area contributed by atoms with E-state index >= 15 is 0 Å². The van der Waals surface area contributed by atoms with Crippen molar-refractivity contribution in [1.29, 1.82) is 0 Å². The zero-order valence-corrected chi connectivity index (χ0v) is 14.3. The predicted molar refractivity (Wildman–Crippen MR) is 96.5 cm³/mol. The van der Waals surface area contributed by atoms with E-state index < -0.39 is 0 Å². The number of halogens is 1. The number of hydrogen-bond donors (Lipinski definition) is 1. The fraction of sp³-hybridized carbons (Fsp3) is 0.167. The average molecular weight is 329 g/mol. The molecular formula is C18H17ClN2S. The van der Waals surface area contributed by atoms with Gasteiger partial charge in [-0.05, 0) is 50.1 Å². The minimum absolute atomic E-state index is 0.741. The molecule has 1 heterocycles. The van der Waals surface area contributed by atoms with Gasteiger partial charge in [-0.15, -0.1) is 11.3 Å². The second-order valence-electron chi connectivity index (χ2n) is 5.37. The summed E-state index contributed by atoms with van der Waals surface area (Å²) in [5.41, 5.74) is 5.66. The Bertz CT molecular complexity index is 806. The summed E-state index contributed by atoms with van der Waals surface area (Å²) in [6, 6.07) is 14.2. The first-order valence-electron chi connectivity index (χ1n) is 7.10. The van der Waals surface area contributed by atoms with Gasteiger partial charge in [0.1, 0.15) is 0 Å². The van der Waals surface area contributed by atoms with Gasteiger partial charge in [-0.3, -0.25) is 0 Å². The number of nitrogens with one attached hydrogen (secondary N) is 1. The monoisotopic (exact) mass is 328 g/mol. The van der Waals surface area contributed by atoms with E-state index in [0.29, 0.717) is 0 Å². The molecule has 0 fully saturated rings. The number of rotatable bonds is 3. The largest absolute Gasteiger partial charge is 0.331 e. The highest BCUT2D eigenvalue weighted by atomic mass is 35.5. The Hall–Kier alpha value is -1.84. The fourth-order valence-corrected chi connectivity index (χ4v) is 3.29. The summed E-state index contributed by atoms with van der Waals surface area (Å²) in [5, 5.41) is 5.09. The van der Waals surface area contributed by atoms with E-state index in [9.17, 15) is 0 Å². The molecule has 0 saturated heterocycles. The molecule has 2 aromatic carbocycles. The lowest BCUT2D eigenvalue weighted by Gasteiger charge is -2.07. The summed E-state index contributed by atoms with van der Waals surface area (Å²) in [5.74, 6) is 0. The van der Waals surface area contributed by atoms with Crippen molar-refractivity contribution >= 4 is 33.8 Å². The van der Waals surface area contributed by atoms with Gasteiger partial charge in [0.05, 0.1) is 5.69 Å². The number of hydrogen-bond acceptors (Lipinski definition) is 3. The quantitative estimate of drug-likeness (QED) is 0.625. The molecule has 22 heavy (non-hydrogen) atoms. The van der Waals surface area contributed by atoms with Gasteiger partial charge in [0.15, 0.2) is 5.13 Å². The van der Waals surface area contributed by atoms with Crippen molar-refractivity contribution in [2.45, 2.75) is 20.8 Å². The van der Waals surface area contributed by atoms with Gasteiger partial charge in [0.2, 0.25) is 0 Å². The molecule has 4 heteroatoms. The molecule has 0 radical (unpaired) electrons. The molecule has 1 N–H and O–H groups in total. The van der Waals surface area contributed by atoms with E-state index in [2.05, 4.69) is 44.3 Å². The van der Waals surface area contributed by atoms with Gasteiger partial charge < -0.3 is 5.32 Å². The van der Waals surface area contributed by atoms with Gasteiger partial charge in [-0.2, -0.15) is 0 Å². The number of aryl methyl sites for hydroxylation is 3. The van der Waals surface area contributed by atoms with Crippen molar-refractivity contribution in [2.75, 3.05) is 5.32 Å². The highest BCUT2D eigenvalue weighted by Gasteiger charge is 2.11. The van der Waals surface area contributed by atoms with E-state index in [1.165, 1.54) is 16.0 Å². The molecule has 3 aromatic rings. The summed E-state index contributed by atoms with van der Waals surface area (Å²) in [4.78, 5) is 5.93. The standard InChI is InChI=1S/C18H17ClN2S/c1-11-4-5-12(2)16(10-11)20-18-21-17(13(3)22-18)14-6-8-15(19)9-7-14/h4-10H,1-3H3,(H,20,21). The first-order valence-corrected chi connectivity index (χ1v) is 8.30. The minimum atomic E-state index is 0.741. The van der Waals surface area contributed by atoms with Crippen LogP contribution in [0.4, 0.5) is 10.8 Å². The van der Waals surface area contributed by atoms with E-state index in [1.54, 1.807) is 11.3 Å². The molecule has 0 unspecified atom stereocenters. The van der Waals surface area contributed by atoms with Crippen LogP contribution in [0.25, 0.3) is 11.3 Å². The van der Waals surface area contributed by atoms with Gasteiger partial charge >= 0.3 is 0 Å². The highest BCUT2D eigenvalue weighted by Crippen LogP contribution is 2.33. The van der Waals surface area contributed by atoms with E-state index in [-0.39, 0.29) is 0 Å². The lowest BCUT2D eigenvalue weighted by molar-refractivity contribution is 1.33. The van der Waals surface area contributed by atoms with Crippen LogP contribution in [0.2, 0.25) is 5.02 Å². The maximum absolute atomic E-state index is 5.95. The van der Waals surface area contributed by atoms with Crippen LogP contribution < -0.4 is 5.32 Å². The molecule has 0 amide bonds. The van der Waals surface area contributed by atoms with Crippen LogP contribution in [0.3, 0.4) is 0 Å². The van der Waals surface area contributed by atoms with Crippen molar-refractivity contribution in [2.24, 2.45) is 0 Å². The number of aromatic nitrogens is 1. The molecule has 112 valence electrons. The molecule has 3 rings (SSSR count). The van der Waals surface area contributed by atoms with Gasteiger partial charge in [0, 0.05) is 21.2 Å². The summed E-state index contributed by atoms with van der Waals surface area (Å²) >= 11 is 7.62. The number of nitrogens with zero attached hydrogens (tertiary/aromatic N) is 1. The third-order valence-electron chi connectivity index (χ3n) is 3.55. The third kappa shape index (κ3) is 3.16.